The molecule has 0 unspecified atom stereocenters. The number of esters is 1. The molecule has 2 aromatic carbocycles. The van der Waals surface area contributed by atoms with Crippen LogP contribution in [0.25, 0.3) is 16.5 Å². The molecule has 0 aliphatic carbocycles. The Labute approximate surface area is 221 Å². The molecule has 4 rings (SSSR count). The summed E-state index contributed by atoms with van der Waals surface area (Å²) in [4.78, 5) is 26.7. The molecule has 3 aromatic rings. The van der Waals surface area contributed by atoms with Crippen LogP contribution in [0.3, 0.4) is 0 Å². The fraction of sp³-hybridized carbons (Fsp3) is 0.357. The number of hydrogen-bond acceptors (Lipinski definition) is 6. The van der Waals surface area contributed by atoms with E-state index in [9.17, 15) is 18.0 Å². The molecular weight excluding hydrogens is 511 g/mol. The predicted molar refractivity (Wildman–Crippen MR) is 142 cm³/mol. The van der Waals surface area contributed by atoms with Crippen LogP contribution in [-0.2, 0) is 19.5 Å². The van der Waals surface area contributed by atoms with Gasteiger partial charge in [0.15, 0.2) is 0 Å². The van der Waals surface area contributed by atoms with Crippen molar-refractivity contribution in [1.82, 2.24) is 8.87 Å². The van der Waals surface area contributed by atoms with Crippen LogP contribution in [0.2, 0.25) is 0 Å². The van der Waals surface area contributed by atoms with E-state index in [0.29, 0.717) is 23.9 Å². The van der Waals surface area contributed by atoms with Gasteiger partial charge in [0.2, 0.25) is 0 Å². The highest BCUT2D eigenvalue weighted by atomic mass is 32.2. The number of carbonyl (C=O) groups excluding carboxylic acids is 2. The third-order valence-electron chi connectivity index (χ3n) is 6.10. The van der Waals surface area contributed by atoms with Gasteiger partial charge in [-0.05, 0) is 76.9 Å². The molecule has 1 aliphatic rings. The Morgan fingerprint density at radius 1 is 1.08 bits per heavy atom. The van der Waals surface area contributed by atoms with E-state index in [0.717, 1.165) is 15.6 Å². The Morgan fingerprint density at radius 2 is 1.76 bits per heavy atom. The monoisotopic (exact) mass is 542 g/mol. The van der Waals surface area contributed by atoms with Gasteiger partial charge >= 0.3 is 12.1 Å². The highest BCUT2D eigenvalue weighted by Gasteiger charge is 2.29. The van der Waals surface area contributed by atoms with Crippen LogP contribution < -0.4 is 0 Å². The van der Waals surface area contributed by atoms with Gasteiger partial charge < -0.3 is 14.4 Å². The first-order valence-electron chi connectivity index (χ1n) is 12.3. The first kappa shape index (κ1) is 27.4. The minimum absolute atomic E-state index is 0.0293. The first-order chi connectivity index (χ1) is 17.8. The van der Waals surface area contributed by atoms with Crippen LogP contribution in [0.5, 0.6) is 0 Å². The highest BCUT2D eigenvalue weighted by Crippen LogP contribution is 2.33. The quantitative estimate of drug-likeness (QED) is 0.394. The number of rotatable bonds is 5. The largest absolute Gasteiger partial charge is 0.461 e. The third-order valence-corrected chi connectivity index (χ3v) is 7.84. The van der Waals surface area contributed by atoms with Gasteiger partial charge in [-0.1, -0.05) is 23.8 Å². The van der Waals surface area contributed by atoms with Gasteiger partial charge in [-0.25, -0.2) is 26.4 Å². The second kappa shape index (κ2) is 10.2. The zero-order chi connectivity index (χ0) is 27.8. The molecule has 0 radical (unpaired) electrons. The number of benzene rings is 2. The van der Waals surface area contributed by atoms with Crippen LogP contribution in [0, 0.1) is 12.7 Å². The van der Waals surface area contributed by atoms with Crippen molar-refractivity contribution < 1.29 is 31.9 Å². The fourth-order valence-corrected chi connectivity index (χ4v) is 5.77. The van der Waals surface area contributed by atoms with Crippen molar-refractivity contribution >= 4 is 38.6 Å². The molecule has 0 N–H and O–H groups in total. The molecule has 2 heterocycles. The van der Waals surface area contributed by atoms with E-state index in [4.69, 9.17) is 9.47 Å². The molecule has 0 saturated heterocycles. The van der Waals surface area contributed by atoms with E-state index in [1.165, 1.54) is 29.2 Å². The number of aryl methyl sites for hydroxylation is 1. The molecule has 0 bridgehead atoms. The molecule has 202 valence electrons. The zero-order valence-corrected chi connectivity index (χ0v) is 22.9. The van der Waals surface area contributed by atoms with Crippen LogP contribution in [-0.4, -0.2) is 54.7 Å². The molecular formula is C28H31FN2O6S. The van der Waals surface area contributed by atoms with Gasteiger partial charge in [-0.3, -0.25) is 0 Å². The van der Waals surface area contributed by atoms with E-state index in [1.807, 2.05) is 6.92 Å². The maximum atomic E-state index is 15.5. The van der Waals surface area contributed by atoms with Crippen LogP contribution in [0.15, 0.2) is 53.4 Å². The summed E-state index contributed by atoms with van der Waals surface area (Å²) in [6, 6.07) is 10.2. The lowest BCUT2D eigenvalue weighted by Crippen LogP contribution is -2.39. The lowest BCUT2D eigenvalue weighted by molar-refractivity contribution is 0.0270. The van der Waals surface area contributed by atoms with Crippen LogP contribution in [0.1, 0.15) is 55.7 Å². The molecule has 0 spiro atoms. The Morgan fingerprint density at radius 3 is 2.34 bits per heavy atom. The number of aromatic nitrogens is 1. The van der Waals surface area contributed by atoms with Crippen molar-refractivity contribution in [2.24, 2.45) is 0 Å². The number of amides is 1. The average Bonchev–Trinajstić information content (AvgIpc) is 3.22. The van der Waals surface area contributed by atoms with Crippen molar-refractivity contribution in [2.75, 3.05) is 19.7 Å². The minimum Gasteiger partial charge on any atom is -0.461 e. The topological polar surface area (TPSA) is 94.9 Å². The summed E-state index contributed by atoms with van der Waals surface area (Å²) in [7, 11) is -4.24. The van der Waals surface area contributed by atoms with E-state index >= 15 is 4.39 Å². The van der Waals surface area contributed by atoms with Crippen molar-refractivity contribution in [3.63, 3.8) is 0 Å². The molecule has 0 saturated carbocycles. The average molecular weight is 543 g/mol. The number of ether oxygens (including phenoxy) is 2. The minimum atomic E-state index is -4.24. The van der Waals surface area contributed by atoms with Gasteiger partial charge in [-0.15, -0.1) is 0 Å². The van der Waals surface area contributed by atoms with E-state index in [2.05, 4.69) is 0 Å². The highest BCUT2D eigenvalue weighted by molar-refractivity contribution is 7.90. The van der Waals surface area contributed by atoms with Gasteiger partial charge in [0.05, 0.1) is 17.0 Å². The fourth-order valence-electron chi connectivity index (χ4n) is 4.28. The number of nitrogens with zero attached hydrogens (tertiary/aromatic N) is 2. The summed E-state index contributed by atoms with van der Waals surface area (Å²) in [5, 5.41) is 0.371. The number of fused-ring (bicyclic) bond motifs is 1. The molecule has 10 heteroatoms. The second-order valence-electron chi connectivity index (χ2n) is 10.1. The van der Waals surface area contributed by atoms with Crippen molar-refractivity contribution in [3.8, 4) is 0 Å². The van der Waals surface area contributed by atoms with Gasteiger partial charge in [0, 0.05) is 24.0 Å². The van der Waals surface area contributed by atoms with Crippen LogP contribution in [0.4, 0.5) is 9.18 Å². The summed E-state index contributed by atoms with van der Waals surface area (Å²) in [5.41, 5.74) is 1.02. The molecule has 1 aromatic heterocycles. The maximum absolute atomic E-state index is 15.5. The zero-order valence-electron chi connectivity index (χ0n) is 22.1. The first-order valence-corrected chi connectivity index (χ1v) is 13.8. The maximum Gasteiger partial charge on any atom is 0.410 e. The number of hydrogen-bond donors (Lipinski definition) is 0. The summed E-state index contributed by atoms with van der Waals surface area (Å²) in [6.45, 7) is 9.45. The second-order valence-corrected chi connectivity index (χ2v) is 11.9. The Bertz CT molecular complexity index is 1530. The molecule has 8 nitrogen and oxygen atoms in total. The summed E-state index contributed by atoms with van der Waals surface area (Å²) in [6.07, 6.45) is 1.69. The van der Waals surface area contributed by atoms with Crippen molar-refractivity contribution in [1.29, 1.82) is 0 Å². The predicted octanol–water partition coefficient (Wildman–Crippen LogP) is 5.53. The number of halogens is 1. The molecule has 0 atom stereocenters. The Kier molecular flexibility index (Phi) is 7.38. The Hall–Kier alpha value is -3.66. The third kappa shape index (κ3) is 5.45. The van der Waals surface area contributed by atoms with Crippen molar-refractivity contribution in [3.05, 3.63) is 71.2 Å². The Balaban J connectivity index is 1.77. The van der Waals surface area contributed by atoms with Crippen LogP contribution >= 0.6 is 0 Å². The lowest BCUT2D eigenvalue weighted by Gasteiger charge is -2.29. The molecule has 1 aliphatic heterocycles. The van der Waals surface area contributed by atoms with E-state index in [1.54, 1.807) is 45.9 Å². The summed E-state index contributed by atoms with van der Waals surface area (Å²) < 4.78 is 54.1. The van der Waals surface area contributed by atoms with Gasteiger partial charge in [0.1, 0.15) is 17.1 Å². The van der Waals surface area contributed by atoms with Crippen molar-refractivity contribution in [2.45, 2.75) is 51.5 Å². The van der Waals surface area contributed by atoms with Gasteiger partial charge in [0.25, 0.3) is 10.0 Å². The standard InChI is InChI=1S/C28H31FN2O6S/c1-6-36-26(32)25-16-20-15-22(19-11-13-30(14-12-19)27(33)37-28(3,4)5)23(29)17-24(20)31(25)38(34,35)21-9-7-18(2)8-10-21/h7-11,15-17H,6,12-14H2,1-5H3. The smallest absolute Gasteiger partial charge is 0.410 e. The van der Waals surface area contributed by atoms with E-state index in [-0.39, 0.29) is 34.8 Å². The summed E-state index contributed by atoms with van der Waals surface area (Å²) in [5.74, 6) is -1.46. The van der Waals surface area contributed by atoms with Gasteiger partial charge in [-0.2, -0.15) is 0 Å². The lowest BCUT2D eigenvalue weighted by atomic mass is 9.98. The molecule has 38 heavy (non-hydrogen) atoms. The SMILES string of the molecule is CCOC(=O)c1cc2cc(C3=CCN(C(=O)OC(C)(C)C)CC3)c(F)cc2n1S(=O)(=O)c1ccc(C)cc1. The van der Waals surface area contributed by atoms with E-state index < -0.39 is 33.5 Å². The summed E-state index contributed by atoms with van der Waals surface area (Å²) >= 11 is 0. The normalized spacial score (nSPS) is 14.4. The molecule has 0 fully saturated rings. The molecule has 1 amide bonds. The number of carbonyl (C=O) groups is 2.